The molecule has 9 rings (SSSR count). The number of ether oxygens (including phenoxy) is 2. The van der Waals surface area contributed by atoms with E-state index in [2.05, 4.69) is 0 Å². The lowest BCUT2D eigenvalue weighted by molar-refractivity contribution is -0.124. The number of halogens is 4. The van der Waals surface area contributed by atoms with Crippen LogP contribution in [-0.4, -0.2) is 23.6 Å². The first-order valence-corrected chi connectivity index (χ1v) is 15.7. The van der Waals surface area contributed by atoms with Crippen LogP contribution in [0.15, 0.2) is 72.8 Å². The van der Waals surface area contributed by atoms with E-state index in [0.717, 1.165) is 9.80 Å². The summed E-state index contributed by atoms with van der Waals surface area (Å²) in [4.78, 5) is 55.4. The van der Waals surface area contributed by atoms with Gasteiger partial charge in [0.05, 0.1) is 35.0 Å². The molecule has 3 aromatic rings. The quantitative estimate of drug-likeness (QED) is 0.131. The first-order valence-electron chi connectivity index (χ1n) is 15.7. The van der Waals surface area contributed by atoms with Gasteiger partial charge >= 0.3 is 0 Å². The van der Waals surface area contributed by atoms with E-state index in [1.165, 1.54) is 48.5 Å². The summed E-state index contributed by atoms with van der Waals surface area (Å²) >= 11 is 0. The molecule has 48 heavy (non-hydrogen) atoms. The van der Waals surface area contributed by atoms with Gasteiger partial charge < -0.3 is 9.47 Å². The summed E-state index contributed by atoms with van der Waals surface area (Å²) in [6, 6.07) is 10.9. The monoisotopic (exact) mass is 656 g/mol. The van der Waals surface area contributed by atoms with Crippen LogP contribution in [0.5, 0.6) is 23.0 Å². The third kappa shape index (κ3) is 3.76. The number of para-hydroxylation sites is 4. The Bertz CT molecular complexity index is 1830. The highest BCUT2D eigenvalue weighted by molar-refractivity contribution is 6.24. The van der Waals surface area contributed by atoms with Crippen molar-refractivity contribution < 1.29 is 46.2 Å². The Morgan fingerprint density at radius 3 is 1.08 bits per heavy atom. The molecule has 2 saturated carbocycles. The molecule has 242 valence electrons. The summed E-state index contributed by atoms with van der Waals surface area (Å²) in [7, 11) is 0. The molecular weight excluding hydrogens is 632 g/mol. The summed E-state index contributed by atoms with van der Waals surface area (Å²) in [6.45, 7) is 0. The highest BCUT2D eigenvalue weighted by Gasteiger charge is 2.61. The molecule has 2 heterocycles. The van der Waals surface area contributed by atoms with E-state index in [1.54, 1.807) is 0 Å². The van der Waals surface area contributed by atoms with Crippen molar-refractivity contribution in [3.63, 3.8) is 0 Å². The molecule has 2 saturated heterocycles. The van der Waals surface area contributed by atoms with Gasteiger partial charge in [-0.15, -0.1) is 0 Å². The van der Waals surface area contributed by atoms with Gasteiger partial charge in [0.15, 0.2) is 11.5 Å². The van der Waals surface area contributed by atoms with E-state index in [9.17, 15) is 19.2 Å². The largest absolute Gasteiger partial charge is 0.449 e. The average Bonchev–Trinajstić information content (AvgIpc) is 3.94. The van der Waals surface area contributed by atoms with Crippen LogP contribution < -0.4 is 19.3 Å². The fourth-order valence-electron chi connectivity index (χ4n) is 8.73. The molecule has 4 fully saturated rings. The van der Waals surface area contributed by atoms with E-state index in [1.807, 2.05) is 24.3 Å². The molecule has 3 aromatic carbocycles. The molecule has 0 aromatic heterocycles. The zero-order valence-electron chi connectivity index (χ0n) is 24.8. The van der Waals surface area contributed by atoms with Crippen molar-refractivity contribution in [2.24, 2.45) is 47.3 Å². The molecule has 8 atom stereocenters. The fourth-order valence-corrected chi connectivity index (χ4v) is 8.73. The summed E-state index contributed by atoms with van der Waals surface area (Å²) in [5.41, 5.74) is -0.243. The molecule has 8 unspecified atom stereocenters. The number of allylic oxidation sites excluding steroid dienone is 4. The van der Waals surface area contributed by atoms with Crippen molar-refractivity contribution in [3.8, 4) is 23.0 Å². The number of amides is 4. The van der Waals surface area contributed by atoms with Crippen molar-refractivity contribution in [1.82, 2.24) is 0 Å². The number of hydrogen-bond acceptors (Lipinski definition) is 6. The topological polar surface area (TPSA) is 93.2 Å². The van der Waals surface area contributed by atoms with Crippen LogP contribution in [0.4, 0.5) is 28.9 Å². The number of carbonyl (C=O) groups excluding carboxylic acids is 4. The Kier molecular flexibility index (Phi) is 6.10. The first-order chi connectivity index (χ1) is 23.2. The highest BCUT2D eigenvalue weighted by Crippen LogP contribution is 2.56. The zero-order chi connectivity index (χ0) is 33.2. The lowest BCUT2D eigenvalue weighted by atomic mass is 9.85. The maximum atomic E-state index is 15.6. The standard InChI is InChI=1S/C36H24F4N2O6/c37-27-29(39)32(48-22-8-4-2-6-20(22)42-35(45)25-17-11-12-18(14-17)26(25)36(42)46)30(40)28(38)31(27)47-21-7-3-1-5-19(21)41-33(43)23-15-9-10-16(13-15)24(23)34(41)44/h1-12,15-18,23-26H,13-14H2. The van der Waals surface area contributed by atoms with Gasteiger partial charge in [0.1, 0.15) is 0 Å². The number of hydrogen-bond donors (Lipinski definition) is 0. The number of benzene rings is 3. The minimum atomic E-state index is -1.94. The van der Waals surface area contributed by atoms with Crippen LogP contribution in [0.25, 0.3) is 0 Å². The number of carbonyl (C=O) groups is 4. The van der Waals surface area contributed by atoms with Crippen LogP contribution in [0, 0.1) is 70.6 Å². The smallest absolute Gasteiger partial charge is 0.238 e. The van der Waals surface area contributed by atoms with Crippen LogP contribution in [0.1, 0.15) is 12.8 Å². The van der Waals surface area contributed by atoms with Crippen molar-refractivity contribution in [2.45, 2.75) is 12.8 Å². The maximum absolute atomic E-state index is 15.6. The molecule has 12 heteroatoms. The van der Waals surface area contributed by atoms with Crippen molar-refractivity contribution in [2.75, 3.05) is 9.80 Å². The third-order valence-electron chi connectivity index (χ3n) is 10.8. The Morgan fingerprint density at radius 1 is 0.479 bits per heavy atom. The lowest BCUT2D eigenvalue weighted by Crippen LogP contribution is -2.33. The van der Waals surface area contributed by atoms with Gasteiger partial charge in [0.25, 0.3) is 0 Å². The average molecular weight is 657 g/mol. The van der Waals surface area contributed by atoms with Gasteiger partial charge in [-0.1, -0.05) is 48.6 Å². The van der Waals surface area contributed by atoms with Gasteiger partial charge in [-0.05, 0) is 60.8 Å². The number of nitrogens with zero attached hydrogens (tertiary/aromatic N) is 2. The molecule has 8 nitrogen and oxygen atoms in total. The number of anilines is 2. The highest BCUT2D eigenvalue weighted by atomic mass is 19.2. The number of rotatable bonds is 6. The van der Waals surface area contributed by atoms with Gasteiger partial charge in [-0.2, -0.15) is 17.6 Å². The molecule has 4 aliphatic carbocycles. The van der Waals surface area contributed by atoms with Crippen LogP contribution in [0.3, 0.4) is 0 Å². The Labute approximate surface area is 270 Å². The van der Waals surface area contributed by atoms with Crippen LogP contribution >= 0.6 is 0 Å². The summed E-state index contributed by atoms with van der Waals surface area (Å²) in [5.74, 6) is -16.1. The minimum Gasteiger partial charge on any atom is -0.449 e. The molecule has 0 spiro atoms. The maximum Gasteiger partial charge on any atom is 0.238 e. The fraction of sp³-hybridized carbons (Fsp3) is 0.278. The predicted molar refractivity (Wildman–Crippen MR) is 160 cm³/mol. The van der Waals surface area contributed by atoms with Gasteiger partial charge in [0, 0.05) is 0 Å². The summed E-state index contributed by atoms with van der Waals surface area (Å²) < 4.78 is 73.0. The second-order valence-corrected chi connectivity index (χ2v) is 13.1. The third-order valence-corrected chi connectivity index (χ3v) is 10.8. The van der Waals surface area contributed by atoms with Gasteiger partial charge in [0.2, 0.25) is 58.4 Å². The first kappa shape index (κ1) is 28.9. The molecule has 0 N–H and O–H groups in total. The Balaban J connectivity index is 1.03. The van der Waals surface area contributed by atoms with Crippen molar-refractivity contribution in [3.05, 3.63) is 96.1 Å². The molecular formula is C36H24F4N2O6. The van der Waals surface area contributed by atoms with Gasteiger partial charge in [-0.25, -0.2) is 9.80 Å². The van der Waals surface area contributed by atoms with E-state index < -0.39 is 82.1 Å². The zero-order valence-corrected chi connectivity index (χ0v) is 24.8. The van der Waals surface area contributed by atoms with Crippen molar-refractivity contribution >= 4 is 35.0 Å². The number of fused-ring (bicyclic) bond motifs is 10. The predicted octanol–water partition coefficient (Wildman–Crippen LogP) is 6.45. The van der Waals surface area contributed by atoms with E-state index in [-0.39, 0.29) is 46.5 Å². The molecule has 2 aliphatic heterocycles. The van der Waals surface area contributed by atoms with Crippen LogP contribution in [0.2, 0.25) is 0 Å². The van der Waals surface area contributed by atoms with E-state index in [4.69, 9.17) is 9.47 Å². The number of imide groups is 2. The van der Waals surface area contributed by atoms with Crippen LogP contribution in [-0.2, 0) is 19.2 Å². The second kappa shape index (κ2) is 10.1. The van der Waals surface area contributed by atoms with Crippen molar-refractivity contribution in [1.29, 1.82) is 0 Å². The molecule has 6 aliphatic rings. The molecule has 4 bridgehead atoms. The molecule has 0 radical (unpaired) electrons. The Hall–Kier alpha value is -5.26. The minimum absolute atomic E-state index is 0.0984. The normalized spacial score (nSPS) is 30.7. The second-order valence-electron chi connectivity index (χ2n) is 13.1. The SMILES string of the molecule is O=C1C2C3C=CC(C3)C2C(=O)N1c1ccccc1Oc1c(F)c(F)c(Oc2ccccc2N2C(=O)C3C4C=CC(C4)C3C2=O)c(F)c1F. The summed E-state index contributed by atoms with van der Waals surface area (Å²) in [5, 5.41) is 0. The van der Waals surface area contributed by atoms with E-state index >= 15 is 17.6 Å². The van der Waals surface area contributed by atoms with E-state index in [0.29, 0.717) is 12.8 Å². The Morgan fingerprint density at radius 2 is 0.771 bits per heavy atom. The lowest BCUT2D eigenvalue weighted by Gasteiger charge is -2.22. The molecule has 4 amide bonds. The summed E-state index contributed by atoms with van der Waals surface area (Å²) in [6.07, 6.45) is 9.03. The van der Waals surface area contributed by atoms with Gasteiger partial charge in [-0.3, -0.25) is 19.2 Å².